The van der Waals surface area contributed by atoms with E-state index in [4.69, 9.17) is 15.5 Å². The minimum atomic E-state index is -0.532. The molecule has 2 amide bonds. The highest BCUT2D eigenvalue weighted by molar-refractivity contribution is 6.14. The van der Waals surface area contributed by atoms with Crippen LogP contribution in [0, 0.1) is 0 Å². The Morgan fingerprint density at radius 1 is 1.03 bits per heavy atom. The van der Waals surface area contributed by atoms with E-state index in [0.29, 0.717) is 54.2 Å². The van der Waals surface area contributed by atoms with Crippen molar-refractivity contribution in [2.45, 2.75) is 0 Å². The Morgan fingerprint density at radius 3 is 2.53 bits per heavy atom. The number of fused-ring (bicyclic) bond motifs is 3. The van der Waals surface area contributed by atoms with Crippen molar-refractivity contribution in [3.05, 3.63) is 65.7 Å². The number of nitrogens with one attached hydrogen (secondary N) is 1. The summed E-state index contributed by atoms with van der Waals surface area (Å²) in [5, 5.41) is 0.837. The number of carbonyl (C=O) groups excluding carboxylic acids is 2. The van der Waals surface area contributed by atoms with Crippen molar-refractivity contribution >= 4 is 33.8 Å². The van der Waals surface area contributed by atoms with Crippen LogP contribution < -0.4 is 5.73 Å². The number of hydrogen-bond acceptors (Lipinski definition) is 4. The first-order valence-corrected chi connectivity index (χ1v) is 9.80. The van der Waals surface area contributed by atoms with E-state index in [1.807, 2.05) is 42.5 Å². The predicted molar refractivity (Wildman–Crippen MR) is 114 cm³/mol. The first kappa shape index (κ1) is 18.3. The van der Waals surface area contributed by atoms with Crippen molar-refractivity contribution in [1.82, 2.24) is 14.9 Å². The van der Waals surface area contributed by atoms with Gasteiger partial charge in [-0.25, -0.2) is 4.98 Å². The largest absolute Gasteiger partial charge is 0.378 e. The van der Waals surface area contributed by atoms with Gasteiger partial charge in [0, 0.05) is 35.1 Å². The Bertz CT molecular complexity index is 1270. The molecule has 5 rings (SSSR count). The molecule has 2 aromatic carbocycles. The van der Waals surface area contributed by atoms with Gasteiger partial charge in [-0.15, -0.1) is 0 Å². The Hall–Kier alpha value is -3.71. The van der Waals surface area contributed by atoms with E-state index in [1.54, 1.807) is 17.0 Å². The zero-order valence-corrected chi connectivity index (χ0v) is 16.2. The molecule has 2 aromatic heterocycles. The van der Waals surface area contributed by atoms with Gasteiger partial charge in [0.05, 0.1) is 35.5 Å². The van der Waals surface area contributed by atoms with Gasteiger partial charge in [-0.2, -0.15) is 0 Å². The summed E-state index contributed by atoms with van der Waals surface area (Å²) in [5.74, 6) is -0.567. The molecule has 0 radical (unpaired) electrons. The molecule has 1 fully saturated rings. The van der Waals surface area contributed by atoms with Crippen molar-refractivity contribution < 1.29 is 14.3 Å². The molecule has 0 unspecified atom stereocenters. The highest BCUT2D eigenvalue weighted by Gasteiger charge is 2.21. The third-order valence-corrected chi connectivity index (χ3v) is 5.43. The number of ether oxygens (including phenoxy) is 1. The van der Waals surface area contributed by atoms with Crippen molar-refractivity contribution in [1.29, 1.82) is 0 Å². The van der Waals surface area contributed by atoms with Crippen LogP contribution in [0.1, 0.15) is 20.7 Å². The molecule has 1 aliphatic rings. The first-order valence-electron chi connectivity index (χ1n) is 9.80. The van der Waals surface area contributed by atoms with Gasteiger partial charge in [-0.05, 0) is 24.3 Å². The van der Waals surface area contributed by atoms with Crippen LogP contribution >= 0.6 is 0 Å². The zero-order valence-electron chi connectivity index (χ0n) is 16.2. The van der Waals surface area contributed by atoms with E-state index in [0.717, 1.165) is 16.5 Å². The Kier molecular flexibility index (Phi) is 4.44. The first-order chi connectivity index (χ1) is 14.6. The molecule has 3 N–H and O–H groups in total. The molecule has 4 aromatic rings. The zero-order chi connectivity index (χ0) is 20.7. The molecule has 30 heavy (non-hydrogen) atoms. The van der Waals surface area contributed by atoms with Gasteiger partial charge in [0.1, 0.15) is 0 Å². The number of nitrogens with two attached hydrogens (primary N) is 1. The highest BCUT2D eigenvalue weighted by Crippen LogP contribution is 2.30. The van der Waals surface area contributed by atoms with Gasteiger partial charge in [-0.3, -0.25) is 9.59 Å². The monoisotopic (exact) mass is 400 g/mol. The van der Waals surface area contributed by atoms with E-state index in [2.05, 4.69) is 4.98 Å². The van der Waals surface area contributed by atoms with Crippen LogP contribution in [0.25, 0.3) is 33.2 Å². The standard InChI is InChI=1S/C23H20N4O3/c24-22(28)17-13-18(14-4-2-1-3-5-14)25-20-16-7-6-15(12-19(16)26-21(17)20)23(29)27-8-10-30-11-9-27/h1-7,12-13,26H,8-11H2,(H2,24,28). The van der Waals surface area contributed by atoms with E-state index in [1.165, 1.54) is 0 Å². The number of carbonyl (C=O) groups is 2. The van der Waals surface area contributed by atoms with Gasteiger partial charge in [0.15, 0.2) is 0 Å². The molecular weight excluding hydrogens is 380 g/mol. The molecular formula is C23H20N4O3. The normalized spacial score (nSPS) is 14.3. The predicted octanol–water partition coefficient (Wildman–Crippen LogP) is 2.95. The molecule has 0 aliphatic carbocycles. The van der Waals surface area contributed by atoms with Gasteiger partial charge in [-0.1, -0.05) is 30.3 Å². The van der Waals surface area contributed by atoms with Crippen molar-refractivity contribution in [3.63, 3.8) is 0 Å². The molecule has 0 atom stereocenters. The maximum absolute atomic E-state index is 12.8. The number of aromatic nitrogens is 2. The van der Waals surface area contributed by atoms with Crippen LogP contribution in [0.15, 0.2) is 54.6 Å². The topological polar surface area (TPSA) is 101 Å². The van der Waals surface area contributed by atoms with Crippen LogP contribution in [0.4, 0.5) is 0 Å². The SMILES string of the molecule is NC(=O)c1cc(-c2ccccc2)nc2c1[nH]c1cc(C(=O)N3CCOCC3)ccc12. The fourth-order valence-corrected chi connectivity index (χ4v) is 3.89. The molecule has 3 heterocycles. The average molecular weight is 400 g/mol. The van der Waals surface area contributed by atoms with Crippen molar-refractivity contribution in [2.24, 2.45) is 5.73 Å². The molecule has 0 saturated carbocycles. The van der Waals surface area contributed by atoms with E-state index >= 15 is 0 Å². The maximum Gasteiger partial charge on any atom is 0.254 e. The number of rotatable bonds is 3. The Labute approximate surface area is 172 Å². The summed E-state index contributed by atoms with van der Waals surface area (Å²) in [4.78, 5) is 34.8. The molecule has 7 heteroatoms. The maximum atomic E-state index is 12.8. The number of benzene rings is 2. The summed E-state index contributed by atoms with van der Waals surface area (Å²) in [5.41, 5.74) is 10.2. The second kappa shape index (κ2) is 7.27. The Balaban J connectivity index is 1.65. The number of primary amides is 1. The van der Waals surface area contributed by atoms with Crippen LogP contribution in [-0.4, -0.2) is 53.0 Å². The third kappa shape index (κ3) is 3.09. The summed E-state index contributed by atoms with van der Waals surface area (Å²) in [6, 6.07) is 16.8. The lowest BCUT2D eigenvalue weighted by Crippen LogP contribution is -2.40. The summed E-state index contributed by atoms with van der Waals surface area (Å²) in [6.07, 6.45) is 0. The number of nitrogens with zero attached hydrogens (tertiary/aromatic N) is 2. The quantitative estimate of drug-likeness (QED) is 0.552. The third-order valence-electron chi connectivity index (χ3n) is 5.43. The number of aromatic amines is 1. The minimum Gasteiger partial charge on any atom is -0.378 e. The summed E-state index contributed by atoms with van der Waals surface area (Å²) < 4.78 is 5.33. The van der Waals surface area contributed by atoms with Crippen molar-refractivity contribution in [3.8, 4) is 11.3 Å². The number of hydrogen-bond donors (Lipinski definition) is 2. The van der Waals surface area contributed by atoms with Crippen LogP contribution in [0.3, 0.4) is 0 Å². The molecule has 7 nitrogen and oxygen atoms in total. The fraction of sp³-hybridized carbons (Fsp3) is 0.174. The minimum absolute atomic E-state index is 0.0353. The number of morpholine rings is 1. The summed E-state index contributed by atoms with van der Waals surface area (Å²) in [6.45, 7) is 2.26. The molecule has 0 bridgehead atoms. The van der Waals surface area contributed by atoms with E-state index in [-0.39, 0.29) is 5.91 Å². The van der Waals surface area contributed by atoms with E-state index < -0.39 is 5.91 Å². The summed E-state index contributed by atoms with van der Waals surface area (Å²) >= 11 is 0. The average Bonchev–Trinajstić information content (AvgIpc) is 3.16. The van der Waals surface area contributed by atoms with E-state index in [9.17, 15) is 9.59 Å². The lowest BCUT2D eigenvalue weighted by molar-refractivity contribution is 0.0303. The second-order valence-electron chi connectivity index (χ2n) is 7.30. The van der Waals surface area contributed by atoms with Crippen LogP contribution in [0.5, 0.6) is 0 Å². The van der Waals surface area contributed by atoms with Gasteiger partial charge in [0.2, 0.25) is 0 Å². The number of amides is 2. The molecule has 1 saturated heterocycles. The highest BCUT2D eigenvalue weighted by atomic mass is 16.5. The second-order valence-corrected chi connectivity index (χ2v) is 7.30. The van der Waals surface area contributed by atoms with Gasteiger partial charge < -0.3 is 20.4 Å². The lowest BCUT2D eigenvalue weighted by atomic mass is 10.1. The Morgan fingerprint density at radius 2 is 1.80 bits per heavy atom. The fourth-order valence-electron chi connectivity index (χ4n) is 3.89. The van der Waals surface area contributed by atoms with Gasteiger partial charge >= 0.3 is 0 Å². The lowest BCUT2D eigenvalue weighted by Gasteiger charge is -2.26. The molecule has 150 valence electrons. The van der Waals surface area contributed by atoms with Gasteiger partial charge in [0.25, 0.3) is 11.8 Å². The van der Waals surface area contributed by atoms with Crippen LogP contribution in [0.2, 0.25) is 0 Å². The number of H-pyrrole nitrogens is 1. The molecule has 1 aliphatic heterocycles. The number of pyridine rings is 1. The smallest absolute Gasteiger partial charge is 0.254 e. The summed E-state index contributed by atoms with van der Waals surface area (Å²) in [7, 11) is 0. The van der Waals surface area contributed by atoms with Crippen molar-refractivity contribution in [2.75, 3.05) is 26.3 Å². The van der Waals surface area contributed by atoms with Crippen LogP contribution in [-0.2, 0) is 4.74 Å². The molecule has 0 spiro atoms.